The van der Waals surface area contributed by atoms with Gasteiger partial charge in [0, 0.05) is 24.0 Å². The Hall–Kier alpha value is -1.60. The number of rotatable bonds is 5. The molecular weight excluding hydrogens is 214 g/mol. The number of nitrogens with zero attached hydrogens (tertiary/aromatic N) is 3. The first-order valence-electron chi connectivity index (χ1n) is 5.86. The Morgan fingerprint density at radius 3 is 2.88 bits per heavy atom. The van der Waals surface area contributed by atoms with E-state index in [9.17, 15) is 0 Å². The van der Waals surface area contributed by atoms with Crippen molar-refractivity contribution in [2.24, 2.45) is 5.92 Å². The standard InChI is InChI=1S/C13H17N3O/c1-3-6-16(8-11-4-5-11)13-14-7-12(9-17)10(2)15-13/h1,7,11,17H,4-6,8-9H2,2H3. The molecule has 0 spiro atoms. The average Bonchev–Trinajstić information content (AvgIpc) is 3.12. The number of aryl methyl sites for hydroxylation is 1. The second-order valence-electron chi connectivity index (χ2n) is 4.47. The van der Waals surface area contributed by atoms with E-state index in [4.69, 9.17) is 11.5 Å². The molecule has 0 unspecified atom stereocenters. The van der Waals surface area contributed by atoms with E-state index in [0.29, 0.717) is 12.5 Å². The molecule has 1 N–H and O–H groups in total. The van der Waals surface area contributed by atoms with E-state index in [2.05, 4.69) is 15.9 Å². The highest BCUT2D eigenvalue weighted by Crippen LogP contribution is 2.30. The highest BCUT2D eigenvalue weighted by molar-refractivity contribution is 5.35. The van der Waals surface area contributed by atoms with Crippen LogP contribution in [0.3, 0.4) is 0 Å². The predicted octanol–water partition coefficient (Wildman–Crippen LogP) is 1.13. The van der Waals surface area contributed by atoms with Crippen LogP contribution in [0.25, 0.3) is 0 Å². The third-order valence-electron chi connectivity index (χ3n) is 2.98. The molecule has 1 aromatic rings. The summed E-state index contributed by atoms with van der Waals surface area (Å²) in [5.74, 6) is 4.06. The van der Waals surface area contributed by atoms with Gasteiger partial charge in [-0.05, 0) is 25.7 Å². The summed E-state index contributed by atoms with van der Waals surface area (Å²) < 4.78 is 0. The second-order valence-corrected chi connectivity index (χ2v) is 4.47. The molecule has 1 aliphatic rings. The normalized spacial score (nSPS) is 14.4. The Morgan fingerprint density at radius 2 is 2.35 bits per heavy atom. The van der Waals surface area contributed by atoms with Crippen LogP contribution in [0.4, 0.5) is 5.95 Å². The van der Waals surface area contributed by atoms with Gasteiger partial charge in [-0.3, -0.25) is 0 Å². The van der Waals surface area contributed by atoms with E-state index < -0.39 is 0 Å². The summed E-state index contributed by atoms with van der Waals surface area (Å²) in [6, 6.07) is 0. The zero-order chi connectivity index (χ0) is 12.3. The Kier molecular flexibility index (Phi) is 3.60. The molecule has 0 bridgehead atoms. The van der Waals surface area contributed by atoms with Gasteiger partial charge in [0.05, 0.1) is 13.2 Å². The highest BCUT2D eigenvalue weighted by Gasteiger charge is 2.25. The third kappa shape index (κ3) is 2.95. The Morgan fingerprint density at radius 1 is 1.59 bits per heavy atom. The first kappa shape index (κ1) is 11.9. The smallest absolute Gasteiger partial charge is 0.226 e. The van der Waals surface area contributed by atoms with Crippen LogP contribution in [0.15, 0.2) is 6.20 Å². The number of aliphatic hydroxyl groups is 1. The summed E-state index contributed by atoms with van der Waals surface area (Å²) in [5.41, 5.74) is 1.58. The highest BCUT2D eigenvalue weighted by atomic mass is 16.3. The molecule has 2 rings (SSSR count). The van der Waals surface area contributed by atoms with Crippen LogP contribution in [0, 0.1) is 25.2 Å². The molecule has 0 radical (unpaired) electrons. The van der Waals surface area contributed by atoms with E-state index in [0.717, 1.165) is 23.7 Å². The van der Waals surface area contributed by atoms with Gasteiger partial charge in [0.2, 0.25) is 5.95 Å². The molecular formula is C13H17N3O. The van der Waals surface area contributed by atoms with Crippen molar-refractivity contribution >= 4 is 5.95 Å². The lowest BCUT2D eigenvalue weighted by molar-refractivity contribution is 0.280. The van der Waals surface area contributed by atoms with Crippen LogP contribution in [-0.2, 0) is 6.61 Å². The second kappa shape index (κ2) is 5.15. The zero-order valence-corrected chi connectivity index (χ0v) is 10.1. The minimum atomic E-state index is -0.0239. The van der Waals surface area contributed by atoms with Crippen molar-refractivity contribution in [1.82, 2.24) is 9.97 Å². The van der Waals surface area contributed by atoms with Gasteiger partial charge < -0.3 is 10.0 Å². The monoisotopic (exact) mass is 231 g/mol. The first-order valence-corrected chi connectivity index (χ1v) is 5.86. The maximum absolute atomic E-state index is 9.08. The number of hydrogen-bond acceptors (Lipinski definition) is 4. The van der Waals surface area contributed by atoms with Gasteiger partial charge in [-0.25, -0.2) is 9.97 Å². The SMILES string of the molecule is C#CCN(CC1CC1)c1ncc(CO)c(C)n1. The van der Waals surface area contributed by atoms with E-state index in [1.165, 1.54) is 12.8 Å². The van der Waals surface area contributed by atoms with E-state index >= 15 is 0 Å². The minimum Gasteiger partial charge on any atom is -0.392 e. The first-order chi connectivity index (χ1) is 8.24. The van der Waals surface area contributed by atoms with Crippen LogP contribution < -0.4 is 4.90 Å². The number of aliphatic hydroxyl groups excluding tert-OH is 1. The van der Waals surface area contributed by atoms with Crippen molar-refractivity contribution in [3.8, 4) is 12.3 Å². The number of anilines is 1. The van der Waals surface area contributed by atoms with Crippen LogP contribution in [0.2, 0.25) is 0 Å². The molecule has 0 amide bonds. The average molecular weight is 231 g/mol. The van der Waals surface area contributed by atoms with E-state index in [-0.39, 0.29) is 6.61 Å². The third-order valence-corrected chi connectivity index (χ3v) is 2.98. The molecule has 0 atom stereocenters. The largest absolute Gasteiger partial charge is 0.392 e. The maximum Gasteiger partial charge on any atom is 0.226 e. The molecule has 1 aliphatic carbocycles. The van der Waals surface area contributed by atoms with Gasteiger partial charge in [0.15, 0.2) is 0 Å². The van der Waals surface area contributed by atoms with Crippen LogP contribution in [-0.4, -0.2) is 28.2 Å². The molecule has 1 saturated carbocycles. The van der Waals surface area contributed by atoms with Gasteiger partial charge in [-0.15, -0.1) is 6.42 Å². The van der Waals surface area contributed by atoms with Crippen LogP contribution in [0.5, 0.6) is 0 Å². The Bertz CT molecular complexity index is 435. The molecule has 1 heterocycles. The van der Waals surface area contributed by atoms with Crippen molar-refractivity contribution in [1.29, 1.82) is 0 Å². The van der Waals surface area contributed by atoms with Crippen molar-refractivity contribution in [2.75, 3.05) is 18.0 Å². The quantitative estimate of drug-likeness (QED) is 0.772. The summed E-state index contributed by atoms with van der Waals surface area (Å²) in [5, 5.41) is 9.08. The zero-order valence-electron chi connectivity index (χ0n) is 10.1. The molecule has 1 fully saturated rings. The summed E-state index contributed by atoms with van der Waals surface area (Å²) in [7, 11) is 0. The molecule has 4 nitrogen and oxygen atoms in total. The summed E-state index contributed by atoms with van der Waals surface area (Å²) >= 11 is 0. The minimum absolute atomic E-state index is 0.0239. The lowest BCUT2D eigenvalue weighted by atomic mass is 10.2. The van der Waals surface area contributed by atoms with Crippen molar-refractivity contribution in [3.05, 3.63) is 17.5 Å². The number of aromatic nitrogens is 2. The number of terminal acetylenes is 1. The van der Waals surface area contributed by atoms with Crippen molar-refractivity contribution in [2.45, 2.75) is 26.4 Å². The lowest BCUT2D eigenvalue weighted by Gasteiger charge is -2.20. The van der Waals surface area contributed by atoms with E-state index in [1.807, 2.05) is 11.8 Å². The fourth-order valence-corrected chi connectivity index (χ4v) is 1.73. The van der Waals surface area contributed by atoms with Crippen LogP contribution >= 0.6 is 0 Å². The maximum atomic E-state index is 9.08. The summed E-state index contributed by atoms with van der Waals surface area (Å²) in [4.78, 5) is 10.7. The molecule has 4 heteroatoms. The molecule has 0 aliphatic heterocycles. The van der Waals surface area contributed by atoms with E-state index in [1.54, 1.807) is 6.20 Å². The molecule has 1 aromatic heterocycles. The van der Waals surface area contributed by atoms with Crippen LogP contribution in [0.1, 0.15) is 24.1 Å². The number of hydrogen-bond donors (Lipinski definition) is 1. The molecule has 90 valence electrons. The van der Waals surface area contributed by atoms with Gasteiger partial charge in [-0.2, -0.15) is 0 Å². The summed E-state index contributed by atoms with van der Waals surface area (Å²) in [6.07, 6.45) is 9.59. The predicted molar refractivity (Wildman–Crippen MR) is 66.5 cm³/mol. The van der Waals surface area contributed by atoms with Gasteiger partial charge in [0.1, 0.15) is 0 Å². The molecule has 0 aromatic carbocycles. The summed E-state index contributed by atoms with van der Waals surface area (Å²) in [6.45, 7) is 3.32. The van der Waals surface area contributed by atoms with Crippen molar-refractivity contribution in [3.63, 3.8) is 0 Å². The lowest BCUT2D eigenvalue weighted by Crippen LogP contribution is -2.28. The van der Waals surface area contributed by atoms with Gasteiger partial charge in [-0.1, -0.05) is 5.92 Å². The van der Waals surface area contributed by atoms with Gasteiger partial charge >= 0.3 is 0 Å². The Balaban J connectivity index is 2.16. The Labute approximate surface area is 102 Å². The van der Waals surface area contributed by atoms with Crippen molar-refractivity contribution < 1.29 is 5.11 Å². The molecule has 17 heavy (non-hydrogen) atoms. The fraction of sp³-hybridized carbons (Fsp3) is 0.538. The topological polar surface area (TPSA) is 49.2 Å². The fourth-order valence-electron chi connectivity index (χ4n) is 1.73. The van der Waals surface area contributed by atoms with Gasteiger partial charge in [0.25, 0.3) is 0 Å². The molecule has 0 saturated heterocycles.